The molecule has 20 heteroatoms. The third kappa shape index (κ3) is 32.6. The predicted octanol–water partition coefficient (Wildman–Crippen LogP) is 6.02. The van der Waals surface area contributed by atoms with E-state index in [0.29, 0.717) is 30.3 Å². The van der Waals surface area contributed by atoms with E-state index in [1.165, 1.54) is 0 Å². The summed E-state index contributed by atoms with van der Waals surface area (Å²) >= 11 is 3.33. The molecule has 2 fully saturated rings. The minimum Gasteiger partial charge on any atom is -0.481 e. The second-order valence-electron chi connectivity index (χ2n) is 15.3. The van der Waals surface area contributed by atoms with Crippen molar-refractivity contribution in [2.45, 2.75) is 84.5 Å². The number of amides is 4. The zero-order chi connectivity index (χ0) is 51.8. The fourth-order valence-corrected chi connectivity index (χ4v) is 5.42. The molecule has 5 rings (SSSR count). The van der Waals surface area contributed by atoms with Crippen LogP contribution in [0.3, 0.4) is 0 Å². The first-order chi connectivity index (χ1) is 33.1. The molecule has 3 aromatic rings. The summed E-state index contributed by atoms with van der Waals surface area (Å²) in [6.45, 7) is 8.41. The second kappa shape index (κ2) is 39.3. The molecular weight excluding hydrogens is 909 g/mol. The van der Waals surface area contributed by atoms with E-state index in [9.17, 15) is 33.6 Å². The molecule has 0 atom stereocenters. The lowest BCUT2D eigenvalue weighted by molar-refractivity contribution is -0.197. The number of hydrogen-bond acceptors (Lipinski definition) is 17. The van der Waals surface area contributed by atoms with Crippen molar-refractivity contribution in [2.75, 3.05) is 60.9 Å². The van der Waals surface area contributed by atoms with Crippen LogP contribution in [0.15, 0.2) is 106 Å². The minimum atomic E-state index is -0.786. The maximum absolute atomic E-state index is 11.9. The van der Waals surface area contributed by atoms with Gasteiger partial charge in [-0.2, -0.15) is 5.06 Å². The predicted molar refractivity (Wildman–Crippen MR) is 263 cm³/mol. The van der Waals surface area contributed by atoms with Crippen LogP contribution in [-0.2, 0) is 74.8 Å². The molecule has 0 radical (unpaired) electrons. The van der Waals surface area contributed by atoms with Crippen LogP contribution in [0.2, 0.25) is 0 Å². The second-order valence-corrected chi connectivity index (χ2v) is 15.3. The summed E-state index contributed by atoms with van der Waals surface area (Å²) in [6.07, 6.45) is 4.64. The zero-order valence-electron chi connectivity index (χ0n) is 40.6. The topological polar surface area (TPSA) is 252 Å². The van der Waals surface area contributed by atoms with Crippen molar-refractivity contribution in [1.29, 1.82) is 4.78 Å². The lowest BCUT2D eigenvalue weighted by Crippen LogP contribution is -2.32. The van der Waals surface area contributed by atoms with Crippen molar-refractivity contribution < 1.29 is 53.4 Å². The Kier molecular flexibility index (Phi) is 35.5. The van der Waals surface area contributed by atoms with Gasteiger partial charge in [0.2, 0.25) is 0 Å². The molecular formula is C49H68N8O11S. The summed E-state index contributed by atoms with van der Waals surface area (Å²) in [4.78, 5) is 97.7. The number of aliphatic imine (C=N–C) groups is 3. The standard InChI is InChI=1S/C17H26N2O2.C12H11NO4.C8H17N3.C8H8O2.C4H5NO3.HNS/c1-4-9-16(18-12-8-13-19(2)3)21-17(20)14-15-10-6-5-7-11-15;14-10-6-7-11(15)13(10)17-12(16)8-9-4-2-1-3-5-9;1-4-9-8-10-6-5-7-11(2)3;9-8(10)6-7-4-2-1-3-5-7;6-3-1-2-4(7)5(3)8;1-2/h5-7,10-11H,4,8-9,12-14H2,1-3H3;1-5H,6-8H2;4-7H2,1-3H3;1-5H,6H2,(H,9,10);8H,1-2H2;1H. The van der Waals surface area contributed by atoms with Crippen LogP contribution < -0.4 is 0 Å². The molecule has 2 heterocycles. The summed E-state index contributed by atoms with van der Waals surface area (Å²) in [6, 6.07) is 30.4. The van der Waals surface area contributed by atoms with E-state index < -0.39 is 35.6 Å². The lowest BCUT2D eigenvalue weighted by Gasteiger charge is -2.12. The van der Waals surface area contributed by atoms with Crippen LogP contribution >= 0.6 is 0 Å². The number of carboxylic acid groups (broad SMARTS) is 1. The van der Waals surface area contributed by atoms with E-state index >= 15 is 0 Å². The highest BCUT2D eigenvalue weighted by Gasteiger charge is 2.32. The van der Waals surface area contributed by atoms with Gasteiger partial charge in [-0.05, 0) is 84.2 Å². The summed E-state index contributed by atoms with van der Waals surface area (Å²) in [5, 5.41) is 17.5. The van der Waals surface area contributed by atoms with Gasteiger partial charge in [0.15, 0.2) is 5.90 Å². The van der Waals surface area contributed by atoms with E-state index in [1.54, 1.807) is 36.4 Å². The Hall–Kier alpha value is -6.70. The Morgan fingerprint density at radius 3 is 1.46 bits per heavy atom. The molecule has 2 saturated heterocycles. The number of benzene rings is 3. The number of hydroxylamine groups is 4. The van der Waals surface area contributed by atoms with E-state index in [2.05, 4.69) is 64.2 Å². The normalized spacial score (nSPS) is 12.6. The molecule has 0 spiro atoms. The first kappa shape index (κ1) is 62.3. The molecule has 376 valence electrons. The van der Waals surface area contributed by atoms with Crippen LogP contribution in [0.25, 0.3) is 0 Å². The number of nitrogens with one attached hydrogen (secondary N) is 1. The average molecular weight is 977 g/mol. The summed E-state index contributed by atoms with van der Waals surface area (Å²) < 4.78 is 10.7. The van der Waals surface area contributed by atoms with Crippen LogP contribution in [0.1, 0.15) is 81.9 Å². The van der Waals surface area contributed by atoms with Crippen molar-refractivity contribution in [3.05, 3.63) is 108 Å². The number of esters is 1. The maximum Gasteiger partial charge on any atom is 0.337 e. The molecule has 0 aromatic heterocycles. The Labute approximate surface area is 410 Å². The SMILES string of the molecule is CCCC(=NCCCN(C)C)OC(=O)Cc1ccccc1.CCN=C=NCCCN(C)C.N=S.O=C(Cc1ccccc1)ON1C(=O)CCC1=O.O=C(O)Cc1ccccc1.O=C1CCC(=O)N1O. The van der Waals surface area contributed by atoms with Crippen molar-refractivity contribution in [3.63, 3.8) is 0 Å². The van der Waals surface area contributed by atoms with Crippen LogP contribution in [0.4, 0.5) is 0 Å². The van der Waals surface area contributed by atoms with Gasteiger partial charge in [-0.25, -0.2) is 19.6 Å². The number of ether oxygens (including phenoxy) is 1. The third-order valence-electron chi connectivity index (χ3n) is 8.73. The monoisotopic (exact) mass is 976 g/mol. The number of hydrogen-bond donors (Lipinski definition) is 3. The fraction of sp³-hybridized carbons (Fsp3) is 0.449. The Morgan fingerprint density at radius 1 is 0.652 bits per heavy atom. The van der Waals surface area contributed by atoms with Crippen molar-refractivity contribution in [1.82, 2.24) is 19.9 Å². The van der Waals surface area contributed by atoms with E-state index in [0.717, 1.165) is 62.1 Å². The largest absolute Gasteiger partial charge is 0.481 e. The molecule has 19 nitrogen and oxygen atoms in total. The fourth-order valence-electron chi connectivity index (χ4n) is 5.42. The van der Waals surface area contributed by atoms with Gasteiger partial charge in [0.1, 0.15) is 0 Å². The maximum atomic E-state index is 11.9. The zero-order valence-corrected chi connectivity index (χ0v) is 41.4. The molecule has 0 bridgehead atoms. The molecule has 4 amide bonds. The number of nitrogens with zero attached hydrogens (tertiary/aromatic N) is 7. The molecule has 0 unspecified atom stereocenters. The highest BCUT2D eigenvalue weighted by atomic mass is 32.1. The van der Waals surface area contributed by atoms with E-state index in [1.807, 2.05) is 75.6 Å². The first-order valence-corrected chi connectivity index (χ1v) is 22.7. The van der Waals surface area contributed by atoms with Gasteiger partial charge in [0.05, 0.1) is 31.8 Å². The minimum absolute atomic E-state index is 0.0396. The number of carbonyl (C=O) groups excluding carboxylic acids is 6. The summed E-state index contributed by atoms with van der Waals surface area (Å²) in [5.74, 6) is -3.00. The van der Waals surface area contributed by atoms with Crippen LogP contribution in [0, 0.1) is 4.78 Å². The number of rotatable bonds is 18. The van der Waals surface area contributed by atoms with Crippen LogP contribution in [-0.4, -0.2) is 145 Å². The first-order valence-electron chi connectivity index (χ1n) is 22.3. The van der Waals surface area contributed by atoms with E-state index in [-0.39, 0.29) is 49.6 Å². The van der Waals surface area contributed by atoms with Gasteiger partial charge >= 0.3 is 17.9 Å². The molecule has 0 saturated carbocycles. The highest BCUT2D eigenvalue weighted by molar-refractivity contribution is 7.45. The van der Waals surface area contributed by atoms with Gasteiger partial charge in [-0.1, -0.05) is 97.9 Å². The van der Waals surface area contributed by atoms with Crippen molar-refractivity contribution in [2.24, 2.45) is 15.0 Å². The Morgan fingerprint density at radius 2 is 1.07 bits per heavy atom. The van der Waals surface area contributed by atoms with Gasteiger partial charge < -0.3 is 24.5 Å². The number of carboxylic acids is 1. The van der Waals surface area contributed by atoms with Gasteiger partial charge in [0.25, 0.3) is 23.6 Å². The number of imide groups is 2. The molecule has 2 aliphatic rings. The Balaban J connectivity index is 0.000000865. The van der Waals surface area contributed by atoms with Crippen molar-refractivity contribution >= 4 is 65.9 Å². The number of aliphatic carboxylic acids is 1. The quantitative estimate of drug-likeness (QED) is 0.0329. The summed E-state index contributed by atoms with van der Waals surface area (Å²) in [5.41, 5.74) is 2.58. The van der Waals surface area contributed by atoms with Crippen LogP contribution in [0.5, 0.6) is 0 Å². The Bertz CT molecular complexity index is 2040. The summed E-state index contributed by atoms with van der Waals surface area (Å²) in [7, 11) is 8.20. The molecule has 69 heavy (non-hydrogen) atoms. The van der Waals surface area contributed by atoms with Gasteiger partial charge in [0, 0.05) is 57.6 Å². The highest BCUT2D eigenvalue weighted by Crippen LogP contribution is 2.13. The van der Waals surface area contributed by atoms with Gasteiger partial charge in [-0.3, -0.25) is 39.0 Å². The van der Waals surface area contributed by atoms with E-state index in [4.69, 9.17) is 24.7 Å². The molecule has 3 N–H and O–H groups in total. The average Bonchev–Trinajstić information content (AvgIpc) is 3.80. The number of carbonyl (C=O) groups is 7. The smallest absolute Gasteiger partial charge is 0.337 e. The molecule has 3 aromatic carbocycles. The molecule has 2 aliphatic heterocycles. The third-order valence-corrected chi connectivity index (χ3v) is 8.73. The van der Waals surface area contributed by atoms with Crippen molar-refractivity contribution in [3.8, 4) is 0 Å². The van der Waals surface area contributed by atoms with Gasteiger partial charge in [-0.15, -0.1) is 5.06 Å². The molecule has 0 aliphatic carbocycles. The lowest BCUT2D eigenvalue weighted by atomic mass is 10.2.